The standard InChI is InChI=1S/C25H28N2O5.ClH/c1-18-14-21(28)23(30)24(32-18)25(15-22(29)26-16-20-8-5-13-31-20)9-11-27(12-10-25)17-19-6-3-2-4-7-19;/h2-8,13-14,30H,9-12,15-17H2,1H3,(H,26,29);1H. The van der Waals surface area contributed by atoms with Crippen LogP contribution in [-0.4, -0.2) is 29.0 Å². The van der Waals surface area contributed by atoms with Crippen LogP contribution in [0, 0.1) is 6.92 Å². The van der Waals surface area contributed by atoms with Gasteiger partial charge in [-0.25, -0.2) is 0 Å². The SMILES string of the molecule is Cc1cc(=O)c(O)c(C2(CC(=O)NCc3ccco3)CCN(Cc3ccccc3)CC2)o1.Cl. The number of rotatable bonds is 7. The van der Waals surface area contributed by atoms with Crippen molar-refractivity contribution in [2.75, 3.05) is 13.1 Å². The van der Waals surface area contributed by atoms with Crippen molar-refractivity contribution in [1.82, 2.24) is 10.2 Å². The Bertz CT molecular complexity index is 1100. The van der Waals surface area contributed by atoms with E-state index in [2.05, 4.69) is 22.3 Å². The van der Waals surface area contributed by atoms with Crippen molar-refractivity contribution in [3.63, 3.8) is 0 Å². The minimum Gasteiger partial charge on any atom is -0.502 e. The van der Waals surface area contributed by atoms with Gasteiger partial charge < -0.3 is 19.3 Å². The van der Waals surface area contributed by atoms with Crippen LogP contribution in [0.3, 0.4) is 0 Å². The summed E-state index contributed by atoms with van der Waals surface area (Å²) in [6.45, 7) is 4.21. The van der Waals surface area contributed by atoms with E-state index in [-0.39, 0.29) is 37.0 Å². The van der Waals surface area contributed by atoms with E-state index in [0.717, 1.165) is 19.6 Å². The number of hydrogen-bond acceptors (Lipinski definition) is 6. The molecule has 1 fully saturated rings. The molecule has 0 bridgehead atoms. The summed E-state index contributed by atoms with van der Waals surface area (Å²) in [6, 6.07) is 15.1. The molecule has 2 aromatic heterocycles. The summed E-state index contributed by atoms with van der Waals surface area (Å²) in [5.41, 5.74) is -0.0117. The number of amides is 1. The van der Waals surface area contributed by atoms with Crippen molar-refractivity contribution in [1.29, 1.82) is 0 Å². The summed E-state index contributed by atoms with van der Waals surface area (Å²) in [6.07, 6.45) is 2.86. The number of likely N-dealkylation sites (tertiary alicyclic amines) is 1. The van der Waals surface area contributed by atoms with Gasteiger partial charge in [0.25, 0.3) is 0 Å². The fourth-order valence-corrected chi connectivity index (χ4v) is 4.40. The Morgan fingerprint density at radius 2 is 1.88 bits per heavy atom. The number of aromatic hydroxyl groups is 1. The topological polar surface area (TPSA) is 95.9 Å². The molecule has 0 spiro atoms. The number of nitrogens with zero attached hydrogens (tertiary/aromatic N) is 1. The van der Waals surface area contributed by atoms with Gasteiger partial charge in [-0.05, 0) is 50.6 Å². The van der Waals surface area contributed by atoms with Gasteiger partial charge in [-0.3, -0.25) is 14.5 Å². The molecule has 8 heteroatoms. The zero-order valence-corrected chi connectivity index (χ0v) is 19.4. The van der Waals surface area contributed by atoms with E-state index in [1.165, 1.54) is 11.6 Å². The van der Waals surface area contributed by atoms with Crippen LogP contribution in [0.25, 0.3) is 0 Å². The predicted molar refractivity (Wildman–Crippen MR) is 126 cm³/mol. The average molecular weight is 473 g/mol. The number of benzene rings is 1. The van der Waals surface area contributed by atoms with Gasteiger partial charge in [-0.15, -0.1) is 12.4 Å². The van der Waals surface area contributed by atoms with Gasteiger partial charge in [0.2, 0.25) is 17.1 Å². The van der Waals surface area contributed by atoms with Crippen molar-refractivity contribution in [2.24, 2.45) is 0 Å². The molecule has 1 aromatic carbocycles. The highest BCUT2D eigenvalue weighted by Gasteiger charge is 2.43. The molecular weight excluding hydrogens is 444 g/mol. The molecule has 1 aliphatic rings. The van der Waals surface area contributed by atoms with Crippen LogP contribution in [-0.2, 0) is 23.3 Å². The summed E-state index contributed by atoms with van der Waals surface area (Å²) in [5, 5.41) is 13.4. The number of halogens is 1. The molecule has 0 radical (unpaired) electrons. The van der Waals surface area contributed by atoms with Crippen molar-refractivity contribution in [3.05, 3.63) is 87.9 Å². The monoisotopic (exact) mass is 472 g/mol. The number of carbonyl (C=O) groups is 1. The minimum atomic E-state index is -0.754. The lowest BCUT2D eigenvalue weighted by atomic mass is 9.72. The van der Waals surface area contributed by atoms with Crippen LogP contribution in [0.5, 0.6) is 5.75 Å². The Hall–Kier alpha value is -3.03. The van der Waals surface area contributed by atoms with Crippen LogP contribution in [0.2, 0.25) is 0 Å². The molecule has 1 aliphatic heterocycles. The van der Waals surface area contributed by atoms with Crippen LogP contribution in [0.15, 0.2) is 68.4 Å². The molecule has 0 unspecified atom stereocenters. The first-order chi connectivity index (χ1) is 15.4. The van der Waals surface area contributed by atoms with Crippen molar-refractivity contribution in [2.45, 2.75) is 44.7 Å². The number of furan rings is 1. The van der Waals surface area contributed by atoms with E-state index in [0.29, 0.717) is 24.4 Å². The first-order valence-corrected chi connectivity index (χ1v) is 10.8. The molecule has 0 atom stereocenters. The maximum absolute atomic E-state index is 12.9. The lowest BCUT2D eigenvalue weighted by Gasteiger charge is -2.41. The first-order valence-electron chi connectivity index (χ1n) is 10.8. The summed E-state index contributed by atoms with van der Waals surface area (Å²) in [7, 11) is 0. The summed E-state index contributed by atoms with van der Waals surface area (Å²) in [5.74, 6) is 0.724. The molecule has 3 heterocycles. The lowest BCUT2D eigenvalue weighted by molar-refractivity contribution is -0.123. The number of piperidine rings is 1. The van der Waals surface area contributed by atoms with Gasteiger partial charge in [-0.1, -0.05) is 30.3 Å². The van der Waals surface area contributed by atoms with Gasteiger partial charge in [-0.2, -0.15) is 0 Å². The molecule has 0 aliphatic carbocycles. The Morgan fingerprint density at radius 1 is 1.15 bits per heavy atom. The van der Waals surface area contributed by atoms with Gasteiger partial charge >= 0.3 is 0 Å². The third-order valence-electron chi connectivity index (χ3n) is 6.13. The second kappa shape index (κ2) is 10.7. The van der Waals surface area contributed by atoms with Crippen LogP contribution in [0.1, 0.15) is 42.1 Å². The molecule has 1 amide bonds. The average Bonchev–Trinajstić information content (AvgIpc) is 3.31. The Morgan fingerprint density at radius 3 is 2.55 bits per heavy atom. The van der Waals surface area contributed by atoms with Gasteiger partial charge in [0.1, 0.15) is 11.5 Å². The number of aryl methyl sites for hydroxylation is 1. The third kappa shape index (κ3) is 5.86. The Kier molecular flexibility index (Phi) is 8.00. The smallest absolute Gasteiger partial charge is 0.227 e. The van der Waals surface area contributed by atoms with E-state index in [9.17, 15) is 14.7 Å². The zero-order valence-electron chi connectivity index (χ0n) is 18.6. The molecule has 0 saturated carbocycles. The predicted octanol–water partition coefficient (Wildman–Crippen LogP) is 3.91. The molecule has 4 rings (SSSR count). The van der Waals surface area contributed by atoms with Crippen molar-refractivity contribution >= 4 is 18.3 Å². The highest BCUT2D eigenvalue weighted by atomic mass is 35.5. The molecule has 3 aromatic rings. The third-order valence-corrected chi connectivity index (χ3v) is 6.13. The molecule has 1 saturated heterocycles. The quantitative estimate of drug-likeness (QED) is 0.541. The number of hydrogen-bond donors (Lipinski definition) is 2. The maximum Gasteiger partial charge on any atom is 0.227 e. The fourth-order valence-electron chi connectivity index (χ4n) is 4.40. The summed E-state index contributed by atoms with van der Waals surface area (Å²) in [4.78, 5) is 27.5. The zero-order chi connectivity index (χ0) is 22.6. The van der Waals surface area contributed by atoms with Crippen LogP contribution >= 0.6 is 12.4 Å². The Labute approximate surface area is 198 Å². The van der Waals surface area contributed by atoms with Crippen LogP contribution < -0.4 is 10.7 Å². The van der Waals surface area contributed by atoms with E-state index < -0.39 is 16.6 Å². The maximum atomic E-state index is 12.9. The normalized spacial score (nSPS) is 15.5. The van der Waals surface area contributed by atoms with E-state index in [4.69, 9.17) is 8.83 Å². The van der Waals surface area contributed by atoms with Gasteiger partial charge in [0.05, 0.1) is 12.8 Å². The summed E-state index contributed by atoms with van der Waals surface area (Å²) >= 11 is 0. The lowest BCUT2D eigenvalue weighted by Crippen LogP contribution is -2.45. The minimum absolute atomic E-state index is 0. The Balaban J connectivity index is 0.00000306. The molecule has 33 heavy (non-hydrogen) atoms. The largest absolute Gasteiger partial charge is 0.502 e. The number of nitrogens with one attached hydrogen (secondary N) is 1. The van der Waals surface area contributed by atoms with Crippen molar-refractivity contribution in [3.8, 4) is 5.75 Å². The second-order valence-electron chi connectivity index (χ2n) is 8.47. The highest BCUT2D eigenvalue weighted by Crippen LogP contribution is 2.42. The van der Waals surface area contributed by atoms with Crippen LogP contribution in [0.4, 0.5) is 0 Å². The number of carbonyl (C=O) groups excluding carboxylic acids is 1. The van der Waals surface area contributed by atoms with E-state index in [1.807, 2.05) is 18.2 Å². The molecule has 7 nitrogen and oxygen atoms in total. The fraction of sp³-hybridized carbons (Fsp3) is 0.360. The van der Waals surface area contributed by atoms with Gasteiger partial charge in [0.15, 0.2) is 5.76 Å². The van der Waals surface area contributed by atoms with Crippen molar-refractivity contribution < 1.29 is 18.7 Å². The molecular formula is C25H29ClN2O5. The molecule has 2 N–H and O–H groups in total. The molecule has 176 valence electrons. The second-order valence-corrected chi connectivity index (χ2v) is 8.47. The summed E-state index contributed by atoms with van der Waals surface area (Å²) < 4.78 is 11.2. The first kappa shape index (κ1) is 24.6. The van der Waals surface area contributed by atoms with E-state index >= 15 is 0 Å². The van der Waals surface area contributed by atoms with Gasteiger partial charge in [0, 0.05) is 24.4 Å². The van der Waals surface area contributed by atoms with E-state index in [1.54, 1.807) is 25.3 Å². The highest BCUT2D eigenvalue weighted by molar-refractivity contribution is 5.85.